The first-order valence-corrected chi connectivity index (χ1v) is 8.22. The summed E-state index contributed by atoms with van der Waals surface area (Å²) in [4.78, 5) is 23.0. The van der Waals surface area contributed by atoms with Crippen LogP contribution in [0.15, 0.2) is 56.7 Å². The summed E-state index contributed by atoms with van der Waals surface area (Å²) in [6.45, 7) is 0. The van der Waals surface area contributed by atoms with Crippen LogP contribution in [0.1, 0.15) is 36.6 Å². The number of hydrazone groups is 1. The van der Waals surface area contributed by atoms with E-state index in [4.69, 9.17) is 4.42 Å². The van der Waals surface area contributed by atoms with Gasteiger partial charge in [-0.05, 0) is 36.2 Å². The monoisotopic (exact) mass is 389 g/mol. The summed E-state index contributed by atoms with van der Waals surface area (Å²) >= 11 is 3.39. The van der Waals surface area contributed by atoms with Crippen LogP contribution in [0, 0.1) is 0 Å². The first kappa shape index (κ1) is 16.4. The molecule has 6 nitrogen and oxygen atoms in total. The molecule has 3 rings (SSSR count). The molecule has 0 aliphatic carbocycles. The van der Waals surface area contributed by atoms with Gasteiger partial charge in [-0.2, -0.15) is 5.10 Å². The van der Waals surface area contributed by atoms with Crippen LogP contribution in [0.25, 0.3) is 0 Å². The van der Waals surface area contributed by atoms with Gasteiger partial charge in [0, 0.05) is 23.3 Å². The van der Waals surface area contributed by atoms with E-state index in [0.29, 0.717) is 17.9 Å². The number of carbonyl (C=O) groups excluding carboxylic acids is 2. The number of halogens is 1. The molecule has 24 heavy (non-hydrogen) atoms. The molecule has 7 heteroatoms. The lowest BCUT2D eigenvalue weighted by molar-refractivity contribution is -0.305. The van der Waals surface area contributed by atoms with Crippen LogP contribution in [0.5, 0.6) is 0 Å². The lowest BCUT2D eigenvalue weighted by atomic mass is 10.0. The third-order valence-corrected chi connectivity index (χ3v) is 4.30. The number of carbonyl (C=O) groups is 2. The van der Waals surface area contributed by atoms with Gasteiger partial charge in [-0.25, -0.2) is 5.01 Å². The van der Waals surface area contributed by atoms with Crippen molar-refractivity contribution in [1.82, 2.24) is 5.01 Å². The fraction of sp³-hybridized carbons (Fsp3) is 0.235. The number of aliphatic carboxylic acids is 1. The Hall–Kier alpha value is -2.41. The summed E-state index contributed by atoms with van der Waals surface area (Å²) in [5.74, 6) is -1.00. The number of carboxylic acid groups (broad SMARTS) is 1. The zero-order chi connectivity index (χ0) is 17.1. The Bertz CT molecular complexity index is 768. The van der Waals surface area contributed by atoms with Crippen molar-refractivity contribution < 1.29 is 19.1 Å². The van der Waals surface area contributed by atoms with Gasteiger partial charge in [0.15, 0.2) is 0 Å². The van der Waals surface area contributed by atoms with E-state index in [1.165, 1.54) is 5.01 Å². The molecule has 0 fully saturated rings. The largest absolute Gasteiger partial charge is 0.550 e. The molecule has 1 amide bonds. The maximum Gasteiger partial charge on any atom is 0.243 e. The van der Waals surface area contributed by atoms with E-state index >= 15 is 0 Å². The molecule has 1 aliphatic heterocycles. The average molecular weight is 390 g/mol. The van der Waals surface area contributed by atoms with Crippen LogP contribution in [-0.4, -0.2) is 22.6 Å². The van der Waals surface area contributed by atoms with Crippen molar-refractivity contribution in [3.63, 3.8) is 0 Å². The van der Waals surface area contributed by atoms with E-state index in [-0.39, 0.29) is 24.8 Å². The van der Waals surface area contributed by atoms with Gasteiger partial charge in [0.2, 0.25) is 5.91 Å². The number of hydrogen-bond acceptors (Lipinski definition) is 5. The third kappa shape index (κ3) is 3.56. The highest BCUT2D eigenvalue weighted by Crippen LogP contribution is 2.34. The fourth-order valence-electron chi connectivity index (χ4n) is 2.60. The van der Waals surface area contributed by atoms with Crippen LogP contribution >= 0.6 is 15.9 Å². The predicted molar refractivity (Wildman–Crippen MR) is 87.8 cm³/mol. The second-order valence-electron chi connectivity index (χ2n) is 5.41. The number of carboxylic acids is 1. The molecule has 0 N–H and O–H groups in total. The highest BCUT2D eigenvalue weighted by molar-refractivity contribution is 9.10. The quantitative estimate of drug-likeness (QED) is 0.784. The Balaban J connectivity index is 1.87. The van der Waals surface area contributed by atoms with Crippen molar-refractivity contribution in [1.29, 1.82) is 0 Å². The first-order valence-electron chi connectivity index (χ1n) is 7.43. The molecule has 1 aliphatic rings. The van der Waals surface area contributed by atoms with Gasteiger partial charge in [-0.15, -0.1) is 0 Å². The molecule has 0 saturated carbocycles. The Morgan fingerprint density at radius 3 is 2.62 bits per heavy atom. The van der Waals surface area contributed by atoms with Crippen molar-refractivity contribution in [2.75, 3.05) is 0 Å². The SMILES string of the molecule is O=C([O-])CCC(=O)N1N=C(c2ccco2)C[C@H]1c1ccc(Br)cc1. The van der Waals surface area contributed by atoms with Crippen LogP contribution in [0.2, 0.25) is 0 Å². The maximum absolute atomic E-state index is 12.4. The second kappa shape index (κ2) is 7.00. The summed E-state index contributed by atoms with van der Waals surface area (Å²) in [6.07, 6.45) is 1.58. The van der Waals surface area contributed by atoms with Crippen molar-refractivity contribution in [2.45, 2.75) is 25.3 Å². The van der Waals surface area contributed by atoms with Crippen molar-refractivity contribution in [3.8, 4) is 0 Å². The Morgan fingerprint density at radius 1 is 1.25 bits per heavy atom. The van der Waals surface area contributed by atoms with Crippen molar-refractivity contribution >= 4 is 33.5 Å². The Morgan fingerprint density at radius 2 is 2.00 bits per heavy atom. The average Bonchev–Trinajstić information content (AvgIpc) is 3.22. The normalized spacial score (nSPS) is 17.0. The molecular formula is C17H14BrN2O4-. The topological polar surface area (TPSA) is 85.9 Å². The van der Waals surface area contributed by atoms with Gasteiger partial charge in [0.25, 0.3) is 0 Å². The molecule has 0 saturated heterocycles. The van der Waals surface area contributed by atoms with E-state index in [1.54, 1.807) is 18.4 Å². The molecule has 1 atom stereocenters. The molecular weight excluding hydrogens is 376 g/mol. The van der Waals surface area contributed by atoms with Gasteiger partial charge in [-0.3, -0.25) is 4.79 Å². The van der Waals surface area contributed by atoms with Crippen LogP contribution in [-0.2, 0) is 9.59 Å². The van der Waals surface area contributed by atoms with Crippen LogP contribution in [0.3, 0.4) is 0 Å². The lowest BCUT2D eigenvalue weighted by Gasteiger charge is -2.22. The summed E-state index contributed by atoms with van der Waals surface area (Å²) in [6, 6.07) is 10.9. The highest BCUT2D eigenvalue weighted by atomic mass is 79.9. The number of amides is 1. The summed E-state index contributed by atoms with van der Waals surface area (Å²) in [7, 11) is 0. The standard InChI is InChI=1S/C17H15BrN2O4/c18-12-5-3-11(4-6-12)14-10-13(15-2-1-9-24-15)19-20(14)16(21)7-8-17(22)23/h1-6,9,14H,7-8,10H2,(H,22,23)/p-1/t14-/m0/s1. The molecule has 2 heterocycles. The van der Waals surface area contributed by atoms with Gasteiger partial charge >= 0.3 is 0 Å². The summed E-state index contributed by atoms with van der Waals surface area (Å²) in [5, 5.41) is 16.3. The Labute approximate surface area is 146 Å². The maximum atomic E-state index is 12.4. The van der Waals surface area contributed by atoms with E-state index in [1.807, 2.05) is 24.3 Å². The Kier molecular flexibility index (Phi) is 4.80. The van der Waals surface area contributed by atoms with Crippen molar-refractivity contribution in [3.05, 3.63) is 58.5 Å². The van der Waals surface area contributed by atoms with Gasteiger partial charge < -0.3 is 14.3 Å². The lowest BCUT2D eigenvalue weighted by Crippen LogP contribution is -2.29. The zero-order valence-electron chi connectivity index (χ0n) is 12.6. The van der Waals surface area contributed by atoms with Gasteiger partial charge in [0.1, 0.15) is 11.5 Å². The third-order valence-electron chi connectivity index (χ3n) is 3.77. The first-order chi connectivity index (χ1) is 11.5. The number of furan rings is 1. The molecule has 124 valence electrons. The molecule has 1 aromatic heterocycles. The molecule has 2 aromatic rings. The van der Waals surface area contributed by atoms with E-state index < -0.39 is 5.97 Å². The number of hydrogen-bond donors (Lipinski definition) is 0. The number of nitrogens with zero attached hydrogens (tertiary/aromatic N) is 2. The molecule has 1 aromatic carbocycles. The molecule has 0 spiro atoms. The molecule has 0 radical (unpaired) electrons. The van der Waals surface area contributed by atoms with Gasteiger partial charge in [0.05, 0.1) is 12.3 Å². The van der Waals surface area contributed by atoms with E-state index in [2.05, 4.69) is 21.0 Å². The highest BCUT2D eigenvalue weighted by Gasteiger charge is 2.33. The van der Waals surface area contributed by atoms with Crippen molar-refractivity contribution in [2.24, 2.45) is 5.10 Å². The number of benzene rings is 1. The summed E-state index contributed by atoms with van der Waals surface area (Å²) < 4.78 is 6.30. The van der Waals surface area contributed by atoms with Gasteiger partial charge in [-0.1, -0.05) is 28.1 Å². The molecule has 0 bridgehead atoms. The number of rotatable bonds is 5. The minimum absolute atomic E-state index is 0.149. The van der Waals surface area contributed by atoms with Crippen LogP contribution < -0.4 is 5.11 Å². The molecule has 0 unspecified atom stereocenters. The second-order valence-corrected chi connectivity index (χ2v) is 6.32. The predicted octanol–water partition coefficient (Wildman–Crippen LogP) is 2.25. The minimum atomic E-state index is -1.25. The van der Waals surface area contributed by atoms with E-state index in [9.17, 15) is 14.7 Å². The summed E-state index contributed by atoms with van der Waals surface area (Å²) in [5.41, 5.74) is 1.58. The fourth-order valence-corrected chi connectivity index (χ4v) is 2.86. The minimum Gasteiger partial charge on any atom is -0.550 e. The smallest absolute Gasteiger partial charge is 0.243 e. The van der Waals surface area contributed by atoms with Crippen LogP contribution in [0.4, 0.5) is 0 Å². The zero-order valence-corrected chi connectivity index (χ0v) is 14.2. The van der Waals surface area contributed by atoms with E-state index in [0.717, 1.165) is 10.0 Å².